The molecule has 4 nitrogen and oxygen atoms in total. The van der Waals surface area contributed by atoms with Gasteiger partial charge in [-0.15, -0.1) is 0 Å². The van der Waals surface area contributed by atoms with Gasteiger partial charge in [0, 0.05) is 25.2 Å². The van der Waals surface area contributed by atoms with Crippen molar-refractivity contribution in [3.63, 3.8) is 0 Å². The smallest absolute Gasteiger partial charge is 0.225 e. The highest BCUT2D eigenvalue weighted by Gasteiger charge is 2.24. The molecule has 1 heterocycles. The molecule has 0 radical (unpaired) electrons. The largest absolute Gasteiger partial charge is 0.491 e. The van der Waals surface area contributed by atoms with Crippen molar-refractivity contribution < 1.29 is 9.53 Å². The van der Waals surface area contributed by atoms with Crippen LogP contribution in [0.2, 0.25) is 0 Å². The van der Waals surface area contributed by atoms with E-state index in [1.807, 2.05) is 38.1 Å². The maximum absolute atomic E-state index is 11.7. The summed E-state index contributed by atoms with van der Waals surface area (Å²) in [5, 5.41) is 6.05. The van der Waals surface area contributed by atoms with E-state index in [-0.39, 0.29) is 17.9 Å². The Labute approximate surface area is 108 Å². The van der Waals surface area contributed by atoms with Crippen molar-refractivity contribution in [2.75, 3.05) is 13.1 Å². The summed E-state index contributed by atoms with van der Waals surface area (Å²) < 4.78 is 5.71. The molecule has 1 aromatic rings. The molecule has 0 spiro atoms. The molecule has 2 N–H and O–H groups in total. The van der Waals surface area contributed by atoms with Crippen LogP contribution in [0.1, 0.15) is 19.4 Å². The van der Waals surface area contributed by atoms with Crippen LogP contribution in [-0.4, -0.2) is 25.1 Å². The number of hydrogen-bond donors (Lipinski definition) is 2. The number of rotatable bonds is 5. The summed E-state index contributed by atoms with van der Waals surface area (Å²) in [5.74, 6) is 1.09. The van der Waals surface area contributed by atoms with Crippen molar-refractivity contribution in [2.45, 2.75) is 26.5 Å². The predicted molar refractivity (Wildman–Crippen MR) is 70.4 cm³/mol. The quantitative estimate of drug-likeness (QED) is 0.826. The second-order valence-corrected chi connectivity index (χ2v) is 4.85. The molecular formula is C14H20N2O2. The van der Waals surface area contributed by atoms with Gasteiger partial charge in [-0.1, -0.05) is 18.2 Å². The minimum absolute atomic E-state index is 0.119. The highest BCUT2D eigenvalue weighted by atomic mass is 16.5. The molecule has 2 rings (SSSR count). The first kappa shape index (κ1) is 12.9. The van der Waals surface area contributed by atoms with E-state index in [2.05, 4.69) is 10.6 Å². The summed E-state index contributed by atoms with van der Waals surface area (Å²) in [6.07, 6.45) is 0.137. The Morgan fingerprint density at radius 2 is 2.17 bits per heavy atom. The molecule has 1 amide bonds. The molecule has 1 aliphatic heterocycles. The number of carbonyl (C=O) groups excluding carboxylic acids is 1. The van der Waals surface area contributed by atoms with Gasteiger partial charge in [-0.25, -0.2) is 0 Å². The minimum Gasteiger partial charge on any atom is -0.491 e. The Bertz CT molecular complexity index is 414. The lowest BCUT2D eigenvalue weighted by Crippen LogP contribution is -2.50. The van der Waals surface area contributed by atoms with Crippen LogP contribution in [0.15, 0.2) is 24.3 Å². The lowest BCUT2D eigenvalue weighted by Gasteiger charge is -2.26. The number of amides is 1. The molecule has 18 heavy (non-hydrogen) atoms. The van der Waals surface area contributed by atoms with E-state index < -0.39 is 0 Å². The fraction of sp³-hybridized carbons (Fsp3) is 0.500. The SMILES string of the molecule is CC(C)Oc1ccccc1CNC(=O)C1CNC1. The average molecular weight is 248 g/mol. The van der Waals surface area contributed by atoms with Gasteiger partial charge in [0.15, 0.2) is 0 Å². The molecule has 4 heteroatoms. The summed E-state index contributed by atoms with van der Waals surface area (Å²) >= 11 is 0. The first-order valence-corrected chi connectivity index (χ1v) is 6.40. The standard InChI is InChI=1S/C14H20N2O2/c1-10(2)18-13-6-4-3-5-11(13)9-16-14(17)12-7-15-8-12/h3-6,10,12,15H,7-9H2,1-2H3,(H,16,17). The van der Waals surface area contributed by atoms with Crippen LogP contribution in [0.4, 0.5) is 0 Å². The highest BCUT2D eigenvalue weighted by molar-refractivity contribution is 5.80. The monoisotopic (exact) mass is 248 g/mol. The van der Waals surface area contributed by atoms with Crippen LogP contribution < -0.4 is 15.4 Å². The third-order valence-corrected chi connectivity index (χ3v) is 2.94. The van der Waals surface area contributed by atoms with Crippen LogP contribution in [-0.2, 0) is 11.3 Å². The van der Waals surface area contributed by atoms with E-state index in [0.29, 0.717) is 6.54 Å². The van der Waals surface area contributed by atoms with Crippen molar-refractivity contribution in [3.8, 4) is 5.75 Å². The maximum atomic E-state index is 11.7. The topological polar surface area (TPSA) is 50.4 Å². The molecule has 0 atom stereocenters. The summed E-state index contributed by atoms with van der Waals surface area (Å²) in [6.45, 7) is 6.09. The van der Waals surface area contributed by atoms with E-state index in [1.54, 1.807) is 0 Å². The third kappa shape index (κ3) is 3.23. The fourth-order valence-electron chi connectivity index (χ4n) is 1.82. The number of nitrogens with one attached hydrogen (secondary N) is 2. The summed E-state index contributed by atoms with van der Waals surface area (Å²) in [5.41, 5.74) is 1.02. The second-order valence-electron chi connectivity index (χ2n) is 4.85. The van der Waals surface area contributed by atoms with Gasteiger partial charge in [-0.3, -0.25) is 4.79 Å². The van der Waals surface area contributed by atoms with Crippen LogP contribution in [0.5, 0.6) is 5.75 Å². The lowest BCUT2D eigenvalue weighted by molar-refractivity contribution is -0.126. The number of ether oxygens (including phenoxy) is 1. The number of hydrogen-bond acceptors (Lipinski definition) is 3. The summed E-state index contributed by atoms with van der Waals surface area (Å²) in [4.78, 5) is 11.7. The Balaban J connectivity index is 1.93. The molecule has 1 saturated heterocycles. The first-order chi connectivity index (χ1) is 8.66. The molecule has 0 bridgehead atoms. The summed E-state index contributed by atoms with van der Waals surface area (Å²) in [7, 11) is 0. The first-order valence-electron chi connectivity index (χ1n) is 6.40. The normalized spacial score (nSPS) is 15.3. The lowest BCUT2D eigenvalue weighted by atomic mass is 10.0. The van der Waals surface area contributed by atoms with Gasteiger partial charge in [-0.2, -0.15) is 0 Å². The molecule has 1 fully saturated rings. The van der Waals surface area contributed by atoms with E-state index >= 15 is 0 Å². The molecular weight excluding hydrogens is 228 g/mol. The zero-order valence-electron chi connectivity index (χ0n) is 10.9. The molecule has 1 aliphatic rings. The Morgan fingerprint density at radius 1 is 1.44 bits per heavy atom. The van der Waals surface area contributed by atoms with Gasteiger partial charge in [-0.05, 0) is 19.9 Å². The fourth-order valence-corrected chi connectivity index (χ4v) is 1.82. The van der Waals surface area contributed by atoms with Gasteiger partial charge in [0.1, 0.15) is 5.75 Å². The highest BCUT2D eigenvalue weighted by Crippen LogP contribution is 2.19. The van der Waals surface area contributed by atoms with Crippen LogP contribution in [0.25, 0.3) is 0 Å². The van der Waals surface area contributed by atoms with Crippen molar-refractivity contribution >= 4 is 5.91 Å². The van der Waals surface area contributed by atoms with Crippen LogP contribution in [0, 0.1) is 5.92 Å². The maximum Gasteiger partial charge on any atom is 0.225 e. The third-order valence-electron chi connectivity index (χ3n) is 2.94. The minimum atomic E-state index is 0.119. The zero-order valence-corrected chi connectivity index (χ0v) is 10.9. The Hall–Kier alpha value is -1.55. The van der Waals surface area contributed by atoms with Crippen molar-refractivity contribution in [1.29, 1.82) is 0 Å². The van der Waals surface area contributed by atoms with E-state index in [1.165, 1.54) is 0 Å². The Morgan fingerprint density at radius 3 is 2.78 bits per heavy atom. The zero-order chi connectivity index (χ0) is 13.0. The number of para-hydroxylation sites is 1. The van der Waals surface area contributed by atoms with Crippen molar-refractivity contribution in [3.05, 3.63) is 29.8 Å². The molecule has 1 aromatic carbocycles. The van der Waals surface area contributed by atoms with Crippen LogP contribution in [0.3, 0.4) is 0 Å². The predicted octanol–water partition coefficient (Wildman–Crippen LogP) is 1.31. The second kappa shape index (κ2) is 5.87. The molecule has 0 saturated carbocycles. The number of benzene rings is 1. The molecule has 0 aliphatic carbocycles. The van der Waals surface area contributed by atoms with Gasteiger partial charge < -0.3 is 15.4 Å². The van der Waals surface area contributed by atoms with Gasteiger partial charge >= 0.3 is 0 Å². The van der Waals surface area contributed by atoms with Gasteiger partial charge in [0.2, 0.25) is 5.91 Å². The van der Waals surface area contributed by atoms with E-state index in [9.17, 15) is 4.79 Å². The van der Waals surface area contributed by atoms with Crippen LogP contribution >= 0.6 is 0 Å². The van der Waals surface area contributed by atoms with E-state index in [4.69, 9.17) is 4.74 Å². The van der Waals surface area contributed by atoms with Crippen molar-refractivity contribution in [2.24, 2.45) is 5.92 Å². The van der Waals surface area contributed by atoms with Gasteiger partial charge in [0.25, 0.3) is 0 Å². The van der Waals surface area contributed by atoms with Crippen molar-refractivity contribution in [1.82, 2.24) is 10.6 Å². The van der Waals surface area contributed by atoms with E-state index in [0.717, 1.165) is 24.4 Å². The molecule has 0 unspecified atom stereocenters. The summed E-state index contributed by atoms with van der Waals surface area (Å²) in [6, 6.07) is 7.82. The number of carbonyl (C=O) groups is 1. The molecule has 98 valence electrons. The van der Waals surface area contributed by atoms with Gasteiger partial charge in [0.05, 0.1) is 12.0 Å². The Kier molecular flexibility index (Phi) is 4.20. The molecule has 0 aromatic heterocycles. The average Bonchev–Trinajstić information content (AvgIpc) is 2.25.